The summed E-state index contributed by atoms with van der Waals surface area (Å²) in [6.07, 6.45) is -1.05. The van der Waals surface area contributed by atoms with Gasteiger partial charge in [0.15, 0.2) is 5.82 Å². The van der Waals surface area contributed by atoms with E-state index in [9.17, 15) is 13.2 Å². The Kier molecular flexibility index (Phi) is 5.13. The second kappa shape index (κ2) is 7.71. The Labute approximate surface area is 160 Å². The van der Waals surface area contributed by atoms with Gasteiger partial charge in [0.1, 0.15) is 11.2 Å². The molecule has 1 fully saturated rings. The van der Waals surface area contributed by atoms with Gasteiger partial charge >= 0.3 is 0 Å². The Balaban J connectivity index is 1.42. The van der Waals surface area contributed by atoms with Crippen molar-refractivity contribution in [1.29, 1.82) is 0 Å². The van der Waals surface area contributed by atoms with Crippen LogP contribution >= 0.6 is 0 Å². The van der Waals surface area contributed by atoms with Crippen molar-refractivity contribution < 1.29 is 13.2 Å². The van der Waals surface area contributed by atoms with Crippen LogP contribution < -0.4 is 4.90 Å². The first-order valence-electron chi connectivity index (χ1n) is 9.14. The molecule has 5 nitrogen and oxygen atoms in total. The summed E-state index contributed by atoms with van der Waals surface area (Å²) in [4.78, 5) is 17.2. The van der Waals surface area contributed by atoms with E-state index >= 15 is 0 Å². The van der Waals surface area contributed by atoms with Crippen molar-refractivity contribution in [2.45, 2.75) is 19.9 Å². The number of nitrogens with zero attached hydrogens (tertiary/aromatic N) is 5. The Morgan fingerprint density at radius 3 is 2.50 bits per heavy atom. The molecule has 28 heavy (non-hydrogen) atoms. The second-order valence-electron chi connectivity index (χ2n) is 6.87. The largest absolute Gasteiger partial charge is 0.368 e. The molecule has 1 saturated heterocycles. The zero-order valence-electron chi connectivity index (χ0n) is 15.4. The fourth-order valence-electron chi connectivity index (χ4n) is 3.40. The summed E-state index contributed by atoms with van der Waals surface area (Å²) < 4.78 is 39.1. The lowest BCUT2D eigenvalue weighted by Gasteiger charge is -2.35. The minimum Gasteiger partial charge on any atom is -0.368 e. The van der Waals surface area contributed by atoms with E-state index in [0.29, 0.717) is 17.6 Å². The van der Waals surface area contributed by atoms with Crippen molar-refractivity contribution in [3.63, 3.8) is 0 Å². The van der Waals surface area contributed by atoms with Crippen molar-refractivity contribution >= 4 is 16.7 Å². The molecule has 1 aliphatic heterocycles. The number of aryl methyl sites for hydroxylation is 1. The first kappa shape index (κ1) is 18.6. The third-order valence-electron chi connectivity index (χ3n) is 5.02. The van der Waals surface area contributed by atoms with E-state index in [1.54, 1.807) is 18.2 Å². The molecule has 8 heteroatoms. The number of fused-ring (bicyclic) bond motifs is 1. The Hall–Kier alpha value is -2.74. The van der Waals surface area contributed by atoms with Gasteiger partial charge in [0.05, 0.1) is 28.8 Å². The van der Waals surface area contributed by atoms with E-state index in [1.807, 2.05) is 6.92 Å². The lowest BCUT2D eigenvalue weighted by Crippen LogP contribution is -2.46. The van der Waals surface area contributed by atoms with Gasteiger partial charge in [-0.1, -0.05) is 6.07 Å². The van der Waals surface area contributed by atoms with Crippen molar-refractivity contribution in [2.24, 2.45) is 0 Å². The zero-order valence-corrected chi connectivity index (χ0v) is 15.4. The van der Waals surface area contributed by atoms with Gasteiger partial charge in [-0.3, -0.25) is 9.88 Å². The van der Waals surface area contributed by atoms with E-state index in [-0.39, 0.29) is 11.5 Å². The predicted octanol–water partition coefficient (Wildman–Crippen LogP) is 3.73. The predicted molar refractivity (Wildman–Crippen MR) is 101 cm³/mol. The average molecular weight is 387 g/mol. The van der Waals surface area contributed by atoms with Crippen LogP contribution in [0.15, 0.2) is 36.5 Å². The lowest BCUT2D eigenvalue weighted by atomic mass is 10.2. The van der Waals surface area contributed by atoms with Gasteiger partial charge in [0, 0.05) is 32.7 Å². The minimum absolute atomic E-state index is 0.204. The van der Waals surface area contributed by atoms with E-state index in [0.717, 1.165) is 43.3 Å². The molecule has 0 amide bonds. The number of piperazine rings is 1. The molecule has 0 unspecified atom stereocenters. The average Bonchev–Trinajstić information content (AvgIpc) is 2.70. The number of aromatic nitrogens is 3. The molecule has 146 valence electrons. The highest BCUT2D eigenvalue weighted by atomic mass is 19.3. The first-order chi connectivity index (χ1) is 13.5. The van der Waals surface area contributed by atoms with Gasteiger partial charge in [-0.05, 0) is 31.2 Å². The maximum Gasteiger partial charge on any atom is 0.280 e. The SMILES string of the molecule is Cc1nc2c(F)cccc2nc1CN1CCN(c2ccc(C(F)F)nc2)CC1. The van der Waals surface area contributed by atoms with Crippen LogP contribution in [0.5, 0.6) is 0 Å². The van der Waals surface area contributed by atoms with Gasteiger partial charge in [-0.2, -0.15) is 0 Å². The first-order valence-corrected chi connectivity index (χ1v) is 9.14. The molecule has 4 rings (SSSR count). The molecule has 0 bridgehead atoms. The highest BCUT2D eigenvalue weighted by Crippen LogP contribution is 2.22. The monoisotopic (exact) mass is 387 g/mol. The van der Waals surface area contributed by atoms with E-state index in [1.165, 1.54) is 18.3 Å². The minimum atomic E-state index is -2.55. The van der Waals surface area contributed by atoms with Crippen LogP contribution in [0.25, 0.3) is 11.0 Å². The van der Waals surface area contributed by atoms with Crippen LogP contribution in [0.1, 0.15) is 23.5 Å². The third kappa shape index (κ3) is 3.77. The number of hydrogen-bond acceptors (Lipinski definition) is 5. The van der Waals surface area contributed by atoms with Crippen LogP contribution in [0.2, 0.25) is 0 Å². The number of para-hydroxylation sites is 1. The van der Waals surface area contributed by atoms with E-state index in [2.05, 4.69) is 24.8 Å². The Morgan fingerprint density at radius 1 is 1.04 bits per heavy atom. The lowest BCUT2D eigenvalue weighted by molar-refractivity contribution is 0.146. The van der Waals surface area contributed by atoms with Crippen LogP contribution in [0.4, 0.5) is 18.9 Å². The van der Waals surface area contributed by atoms with Crippen LogP contribution in [0, 0.1) is 12.7 Å². The van der Waals surface area contributed by atoms with E-state index in [4.69, 9.17) is 0 Å². The van der Waals surface area contributed by atoms with Gasteiger partial charge in [0.25, 0.3) is 6.43 Å². The quantitative estimate of drug-likeness (QED) is 0.683. The number of anilines is 1. The normalized spacial score (nSPS) is 15.5. The van der Waals surface area contributed by atoms with Crippen LogP contribution in [-0.2, 0) is 6.54 Å². The molecule has 0 atom stereocenters. The second-order valence-corrected chi connectivity index (χ2v) is 6.87. The summed E-state index contributed by atoms with van der Waals surface area (Å²) in [6, 6.07) is 7.86. The maximum absolute atomic E-state index is 13.9. The topological polar surface area (TPSA) is 45.2 Å². The molecule has 2 aromatic heterocycles. The maximum atomic E-state index is 13.9. The van der Waals surface area contributed by atoms with Gasteiger partial charge in [-0.15, -0.1) is 0 Å². The number of pyridine rings is 1. The summed E-state index contributed by atoms with van der Waals surface area (Å²) in [5.41, 5.74) is 3.07. The summed E-state index contributed by atoms with van der Waals surface area (Å²) >= 11 is 0. The third-order valence-corrected chi connectivity index (χ3v) is 5.02. The molecule has 0 saturated carbocycles. The fraction of sp³-hybridized carbons (Fsp3) is 0.350. The summed E-state index contributed by atoms with van der Waals surface area (Å²) in [5, 5.41) is 0. The molecular formula is C20H20F3N5. The van der Waals surface area contributed by atoms with Crippen molar-refractivity contribution in [3.8, 4) is 0 Å². The zero-order chi connectivity index (χ0) is 19.7. The van der Waals surface area contributed by atoms with Crippen LogP contribution in [-0.4, -0.2) is 46.0 Å². The highest BCUT2D eigenvalue weighted by molar-refractivity contribution is 5.75. The molecule has 3 heterocycles. The summed E-state index contributed by atoms with van der Waals surface area (Å²) in [6.45, 7) is 5.63. The number of hydrogen-bond donors (Lipinski definition) is 0. The standard InChI is InChI=1S/C20H20F3N5/c1-13-18(26-16-4-2-3-15(21)19(16)25-13)12-27-7-9-28(10-8-27)14-5-6-17(20(22)23)24-11-14/h2-6,11,20H,7-10,12H2,1H3. The summed E-state index contributed by atoms with van der Waals surface area (Å²) in [7, 11) is 0. The van der Waals surface area contributed by atoms with Crippen molar-refractivity contribution in [2.75, 3.05) is 31.1 Å². The van der Waals surface area contributed by atoms with Gasteiger partial charge in [-0.25, -0.2) is 23.1 Å². The molecule has 3 aromatic rings. The molecule has 0 N–H and O–H groups in total. The van der Waals surface area contributed by atoms with Crippen molar-refractivity contribution in [1.82, 2.24) is 19.9 Å². The van der Waals surface area contributed by atoms with Gasteiger partial charge < -0.3 is 4.90 Å². The molecule has 0 spiro atoms. The number of halogens is 3. The summed E-state index contributed by atoms with van der Waals surface area (Å²) in [5.74, 6) is -0.361. The molecular weight excluding hydrogens is 367 g/mol. The number of alkyl halides is 2. The van der Waals surface area contributed by atoms with E-state index < -0.39 is 6.43 Å². The Bertz CT molecular complexity index is 969. The molecule has 0 aliphatic carbocycles. The fourth-order valence-corrected chi connectivity index (χ4v) is 3.40. The highest BCUT2D eigenvalue weighted by Gasteiger charge is 2.20. The smallest absolute Gasteiger partial charge is 0.280 e. The number of rotatable bonds is 4. The molecule has 1 aromatic carbocycles. The molecule has 1 aliphatic rings. The van der Waals surface area contributed by atoms with Crippen LogP contribution in [0.3, 0.4) is 0 Å². The Morgan fingerprint density at radius 2 is 1.82 bits per heavy atom. The van der Waals surface area contributed by atoms with Gasteiger partial charge in [0.2, 0.25) is 0 Å². The van der Waals surface area contributed by atoms with Crippen molar-refractivity contribution in [3.05, 3.63) is 59.4 Å². The molecule has 0 radical (unpaired) electrons. The number of benzene rings is 1.